The fourth-order valence-corrected chi connectivity index (χ4v) is 6.03. The maximum absolute atomic E-state index is 13.1. The van der Waals surface area contributed by atoms with Gasteiger partial charge in [0, 0.05) is 22.9 Å². The van der Waals surface area contributed by atoms with Crippen LogP contribution in [0.5, 0.6) is 0 Å². The van der Waals surface area contributed by atoms with Crippen molar-refractivity contribution in [3.05, 3.63) is 78.1 Å². The third-order valence-electron chi connectivity index (χ3n) is 8.09. The summed E-state index contributed by atoms with van der Waals surface area (Å²) in [7, 11) is 0. The van der Waals surface area contributed by atoms with Gasteiger partial charge in [0.2, 0.25) is 12.3 Å². The first kappa shape index (κ1) is 25.6. The second kappa shape index (κ2) is 13.6. The molecular weight excluding hydrogens is 426 g/mol. The monoisotopic (exact) mass is 470 g/mol. The number of pyridine rings is 1. The van der Waals surface area contributed by atoms with Crippen LogP contribution in [-0.2, 0) is 6.54 Å². The number of Topliss-reactive ketones (excluding diaryl/α,β-unsaturated/α-hetero) is 1. The molecule has 0 amide bonds. The molecule has 2 nitrogen and oxygen atoms in total. The Hall–Kier alpha value is -2.48. The quantitative estimate of drug-likeness (QED) is 0.139. The highest BCUT2D eigenvalue weighted by Gasteiger charge is 2.30. The van der Waals surface area contributed by atoms with E-state index in [0.29, 0.717) is 12.5 Å². The van der Waals surface area contributed by atoms with Crippen molar-refractivity contribution in [1.29, 1.82) is 0 Å². The highest BCUT2D eigenvalue weighted by molar-refractivity contribution is 5.95. The van der Waals surface area contributed by atoms with Crippen molar-refractivity contribution in [3.63, 3.8) is 0 Å². The van der Waals surface area contributed by atoms with Crippen molar-refractivity contribution >= 4 is 16.6 Å². The van der Waals surface area contributed by atoms with Crippen molar-refractivity contribution in [2.75, 3.05) is 0 Å². The van der Waals surface area contributed by atoms with Crippen LogP contribution < -0.4 is 4.57 Å². The number of fused-ring (bicyclic) bond motifs is 1. The van der Waals surface area contributed by atoms with Gasteiger partial charge in [-0.05, 0) is 43.1 Å². The third-order valence-corrected chi connectivity index (χ3v) is 8.09. The molecule has 0 bridgehead atoms. The Morgan fingerprint density at radius 2 is 1.43 bits per heavy atom. The zero-order chi connectivity index (χ0) is 24.3. The smallest absolute Gasteiger partial charge is 0.227 e. The first-order valence-corrected chi connectivity index (χ1v) is 14.3. The Kier molecular flexibility index (Phi) is 9.93. The van der Waals surface area contributed by atoms with Gasteiger partial charge in [-0.1, -0.05) is 113 Å². The minimum atomic E-state index is 0.190. The predicted octanol–water partition coefficient (Wildman–Crippen LogP) is 8.81. The van der Waals surface area contributed by atoms with Gasteiger partial charge in [0.1, 0.15) is 0 Å². The molecule has 2 heteroatoms. The number of carbonyl (C=O) groups is 1. The fraction of sp³-hybridized carbons (Fsp3) is 0.515. The van der Waals surface area contributed by atoms with Crippen molar-refractivity contribution in [2.45, 2.75) is 103 Å². The molecule has 186 valence electrons. The summed E-state index contributed by atoms with van der Waals surface area (Å²) in [6.07, 6.45) is 20.0. The molecule has 1 heterocycles. The summed E-state index contributed by atoms with van der Waals surface area (Å²) in [6, 6.07) is 20.6. The summed E-state index contributed by atoms with van der Waals surface area (Å²) >= 11 is 0. The summed E-state index contributed by atoms with van der Waals surface area (Å²) in [5.41, 5.74) is 2.17. The molecule has 3 aromatic rings. The zero-order valence-electron chi connectivity index (χ0n) is 21.8. The van der Waals surface area contributed by atoms with Crippen molar-refractivity contribution in [2.24, 2.45) is 5.92 Å². The first-order chi connectivity index (χ1) is 17.3. The Balaban J connectivity index is 1.36. The minimum absolute atomic E-state index is 0.190. The second-order valence-corrected chi connectivity index (χ2v) is 10.7. The molecule has 0 atom stereocenters. The molecule has 0 radical (unpaired) electrons. The van der Waals surface area contributed by atoms with E-state index in [1.165, 1.54) is 99.9 Å². The number of benzene rings is 2. The van der Waals surface area contributed by atoms with Gasteiger partial charge in [-0.2, -0.15) is 4.57 Å². The van der Waals surface area contributed by atoms with Crippen LogP contribution in [-0.4, -0.2) is 5.78 Å². The Morgan fingerprint density at radius 1 is 0.771 bits per heavy atom. The van der Waals surface area contributed by atoms with Gasteiger partial charge in [-0.25, -0.2) is 0 Å². The number of unbranched alkanes of at least 4 members (excludes halogenated alkanes) is 7. The van der Waals surface area contributed by atoms with Crippen molar-refractivity contribution in [3.8, 4) is 0 Å². The number of aromatic nitrogens is 1. The highest BCUT2D eigenvalue weighted by atomic mass is 16.1. The van der Waals surface area contributed by atoms with Gasteiger partial charge in [-0.3, -0.25) is 4.79 Å². The molecule has 1 aliphatic carbocycles. The average Bonchev–Trinajstić information content (AvgIpc) is 2.91. The molecule has 1 saturated carbocycles. The zero-order valence-corrected chi connectivity index (χ0v) is 21.8. The molecule has 2 aromatic carbocycles. The van der Waals surface area contributed by atoms with Crippen LogP contribution in [0.3, 0.4) is 0 Å². The van der Waals surface area contributed by atoms with Gasteiger partial charge in [0.25, 0.3) is 0 Å². The molecule has 1 aliphatic rings. The number of hydrogen-bond donors (Lipinski definition) is 0. The second-order valence-electron chi connectivity index (χ2n) is 10.7. The lowest BCUT2D eigenvalue weighted by Gasteiger charge is -2.28. The Morgan fingerprint density at radius 3 is 2.17 bits per heavy atom. The number of rotatable bonds is 13. The van der Waals surface area contributed by atoms with Crippen molar-refractivity contribution < 1.29 is 9.36 Å². The van der Waals surface area contributed by atoms with E-state index in [2.05, 4.69) is 48.0 Å². The highest BCUT2D eigenvalue weighted by Crippen LogP contribution is 2.39. The van der Waals surface area contributed by atoms with E-state index in [-0.39, 0.29) is 5.78 Å². The average molecular weight is 471 g/mol. The lowest BCUT2D eigenvalue weighted by molar-refractivity contribution is -0.690. The molecule has 0 unspecified atom stereocenters. The van der Waals surface area contributed by atoms with Gasteiger partial charge in [0.05, 0.1) is 0 Å². The van der Waals surface area contributed by atoms with Crippen LogP contribution in [0.15, 0.2) is 66.9 Å². The number of nitrogens with zero attached hydrogens (tertiary/aromatic N) is 1. The Bertz CT molecular complexity index is 1050. The maximum Gasteiger partial charge on any atom is 0.227 e. The van der Waals surface area contributed by atoms with E-state index < -0.39 is 0 Å². The number of ketones is 1. The van der Waals surface area contributed by atoms with E-state index in [1.54, 1.807) is 0 Å². The van der Waals surface area contributed by atoms with Gasteiger partial charge >= 0.3 is 0 Å². The van der Waals surface area contributed by atoms with Crippen LogP contribution in [0, 0.1) is 5.92 Å². The Labute approximate surface area is 212 Å². The van der Waals surface area contributed by atoms with Gasteiger partial charge < -0.3 is 0 Å². The third kappa shape index (κ3) is 7.26. The topological polar surface area (TPSA) is 20.9 Å². The number of carbonyl (C=O) groups excluding carboxylic acids is 1. The van der Waals surface area contributed by atoms with E-state index in [4.69, 9.17) is 0 Å². The van der Waals surface area contributed by atoms with Gasteiger partial charge in [-0.15, -0.1) is 0 Å². The summed E-state index contributed by atoms with van der Waals surface area (Å²) in [4.78, 5) is 13.1. The molecule has 4 rings (SSSR count). The fourth-order valence-electron chi connectivity index (χ4n) is 6.03. The summed E-state index contributed by atoms with van der Waals surface area (Å²) < 4.78 is 2.25. The van der Waals surface area contributed by atoms with Crippen LogP contribution in [0.25, 0.3) is 10.8 Å². The van der Waals surface area contributed by atoms with E-state index >= 15 is 0 Å². The van der Waals surface area contributed by atoms with E-state index in [0.717, 1.165) is 11.5 Å². The van der Waals surface area contributed by atoms with E-state index in [1.807, 2.05) is 30.3 Å². The minimum Gasteiger partial charge on any atom is -0.287 e. The first-order valence-electron chi connectivity index (χ1n) is 14.3. The summed E-state index contributed by atoms with van der Waals surface area (Å²) in [6.45, 7) is 2.71. The maximum atomic E-state index is 13.1. The molecule has 0 saturated heterocycles. The summed E-state index contributed by atoms with van der Waals surface area (Å²) in [5, 5.41) is 2.61. The van der Waals surface area contributed by atoms with Crippen molar-refractivity contribution in [1.82, 2.24) is 0 Å². The van der Waals surface area contributed by atoms with Crippen LogP contribution in [0.1, 0.15) is 112 Å². The number of hydrogen-bond acceptors (Lipinski definition) is 1. The van der Waals surface area contributed by atoms with E-state index in [9.17, 15) is 4.79 Å². The predicted molar refractivity (Wildman–Crippen MR) is 147 cm³/mol. The normalized spacial score (nSPS) is 18.1. The lowest BCUT2D eigenvalue weighted by Crippen LogP contribution is -2.43. The SMILES string of the molecule is CCCCCCCCCCC1CCC(c2c3ccccc3cc[n+]2CC(=O)c2ccccc2)CC1. The van der Waals surface area contributed by atoms with Crippen LogP contribution >= 0.6 is 0 Å². The molecule has 1 aromatic heterocycles. The molecule has 0 N–H and O–H groups in total. The molecule has 1 fully saturated rings. The van der Waals surface area contributed by atoms with Gasteiger partial charge in [0.15, 0.2) is 11.9 Å². The lowest BCUT2D eigenvalue weighted by atomic mass is 9.77. The molecule has 0 spiro atoms. The molecular formula is C33H44NO+. The van der Waals surface area contributed by atoms with Crippen LogP contribution in [0.4, 0.5) is 0 Å². The summed E-state index contributed by atoms with van der Waals surface area (Å²) in [5.74, 6) is 1.62. The largest absolute Gasteiger partial charge is 0.287 e. The standard InChI is InChI=1S/C33H44NO/c1-2-3-4-5-6-7-8-10-15-27-20-22-30(23-21-27)33-31-19-14-13-16-28(31)24-25-34(33)26-32(35)29-17-11-9-12-18-29/h9,11-14,16-19,24-25,27,30H,2-8,10,15,20-23,26H2,1H3/q+1. The van der Waals surface area contributed by atoms with Crippen LogP contribution in [0.2, 0.25) is 0 Å². The molecule has 0 aliphatic heterocycles. The molecule has 35 heavy (non-hydrogen) atoms.